The summed E-state index contributed by atoms with van der Waals surface area (Å²) in [7, 11) is 0. The van der Waals surface area contributed by atoms with Crippen molar-refractivity contribution in [1.82, 2.24) is 0 Å². The number of esters is 1. The Kier molecular flexibility index (Phi) is 6.39. The van der Waals surface area contributed by atoms with E-state index in [1.54, 1.807) is 31.2 Å². The monoisotopic (exact) mass is 407 g/mol. The zero-order valence-corrected chi connectivity index (χ0v) is 16.9. The number of carbonyl (C=O) groups is 2. The molecule has 1 heterocycles. The van der Waals surface area contributed by atoms with Gasteiger partial charge in [0.1, 0.15) is 10.8 Å². The number of hydrogen-bond acceptors (Lipinski definition) is 5. The van der Waals surface area contributed by atoms with Gasteiger partial charge in [0.15, 0.2) is 6.61 Å². The number of anilines is 1. The zero-order valence-electron chi connectivity index (χ0n) is 15.3. The summed E-state index contributed by atoms with van der Waals surface area (Å²) in [6, 6.07) is 6.79. The van der Waals surface area contributed by atoms with Gasteiger partial charge in [-0.3, -0.25) is 4.79 Å². The maximum absolute atomic E-state index is 12.5. The van der Waals surface area contributed by atoms with Crippen LogP contribution in [0.3, 0.4) is 0 Å². The maximum atomic E-state index is 12.5. The second-order valence-electron chi connectivity index (χ2n) is 6.57. The fourth-order valence-electron chi connectivity index (χ4n) is 3.11. The molecule has 0 radical (unpaired) electrons. The summed E-state index contributed by atoms with van der Waals surface area (Å²) < 4.78 is 10.7. The number of aryl methyl sites for hydroxylation is 1. The Bertz CT molecular complexity index is 831. The van der Waals surface area contributed by atoms with Crippen LogP contribution in [-0.4, -0.2) is 25.1 Å². The predicted molar refractivity (Wildman–Crippen MR) is 107 cm³/mol. The van der Waals surface area contributed by atoms with Gasteiger partial charge in [-0.2, -0.15) is 0 Å². The van der Waals surface area contributed by atoms with Crippen LogP contribution in [0.25, 0.3) is 0 Å². The predicted octanol–water partition coefficient (Wildman–Crippen LogP) is 4.72. The fraction of sp³-hybridized carbons (Fsp3) is 0.400. The molecule has 1 aliphatic rings. The third-order valence-corrected chi connectivity index (χ3v) is 5.88. The van der Waals surface area contributed by atoms with Gasteiger partial charge >= 0.3 is 5.97 Å². The molecule has 0 unspecified atom stereocenters. The largest absolute Gasteiger partial charge is 0.484 e. The van der Waals surface area contributed by atoms with Crippen molar-refractivity contribution in [2.75, 3.05) is 18.5 Å². The number of carbonyl (C=O) groups excluding carboxylic acids is 2. The minimum absolute atomic E-state index is 0.150. The Balaban J connectivity index is 1.74. The summed E-state index contributed by atoms with van der Waals surface area (Å²) in [5.74, 6) is 0.372. The molecule has 3 rings (SSSR count). The molecule has 0 bridgehead atoms. The van der Waals surface area contributed by atoms with Gasteiger partial charge in [0, 0.05) is 9.90 Å². The van der Waals surface area contributed by atoms with E-state index in [-0.39, 0.29) is 18.5 Å². The zero-order chi connectivity index (χ0) is 19.4. The molecular weight excluding hydrogens is 386 g/mol. The third kappa shape index (κ3) is 4.82. The molecule has 144 valence electrons. The molecule has 0 saturated heterocycles. The molecule has 27 heavy (non-hydrogen) atoms. The van der Waals surface area contributed by atoms with Crippen LogP contribution in [0, 0.1) is 5.92 Å². The SMILES string of the molecule is CCOC(=O)c1c(NC(=O)COc2ccc(Cl)cc2)sc2c1C[C@@H](C)CC2. The second kappa shape index (κ2) is 8.76. The topological polar surface area (TPSA) is 64.6 Å². The normalized spacial score (nSPS) is 15.7. The first kappa shape index (κ1) is 19.7. The number of halogens is 1. The quantitative estimate of drug-likeness (QED) is 0.703. The standard InChI is InChI=1S/C20H22ClNO4S/c1-3-25-20(24)18-15-10-12(2)4-9-16(15)27-19(18)22-17(23)11-26-14-7-5-13(21)6-8-14/h5-8,12H,3-4,9-11H2,1-2H3,(H,22,23)/t12-/m0/s1. The van der Waals surface area contributed by atoms with Crippen LogP contribution in [-0.2, 0) is 22.4 Å². The van der Waals surface area contributed by atoms with E-state index in [4.69, 9.17) is 21.1 Å². The summed E-state index contributed by atoms with van der Waals surface area (Å²) in [5.41, 5.74) is 1.52. The summed E-state index contributed by atoms with van der Waals surface area (Å²) in [6.07, 6.45) is 2.84. The Morgan fingerprint density at radius 1 is 1.30 bits per heavy atom. The Morgan fingerprint density at radius 3 is 2.74 bits per heavy atom. The molecule has 5 nitrogen and oxygen atoms in total. The number of fused-ring (bicyclic) bond motifs is 1. The number of thiophene rings is 1. The van der Waals surface area contributed by atoms with Gasteiger partial charge in [0.2, 0.25) is 0 Å². The van der Waals surface area contributed by atoms with Crippen molar-refractivity contribution >= 4 is 39.8 Å². The third-order valence-electron chi connectivity index (χ3n) is 4.42. The van der Waals surface area contributed by atoms with Crippen LogP contribution in [0.4, 0.5) is 5.00 Å². The van der Waals surface area contributed by atoms with E-state index >= 15 is 0 Å². The highest BCUT2D eigenvalue weighted by molar-refractivity contribution is 7.17. The van der Waals surface area contributed by atoms with Crippen LogP contribution in [0.15, 0.2) is 24.3 Å². The first-order valence-electron chi connectivity index (χ1n) is 8.97. The minimum atomic E-state index is -0.377. The van der Waals surface area contributed by atoms with Crippen LogP contribution in [0.1, 0.15) is 41.1 Å². The lowest BCUT2D eigenvalue weighted by Crippen LogP contribution is -2.21. The lowest BCUT2D eigenvalue weighted by Gasteiger charge is -2.18. The Labute approximate surface area is 167 Å². The molecule has 0 fully saturated rings. The molecule has 0 aliphatic heterocycles. The van der Waals surface area contributed by atoms with Crippen molar-refractivity contribution in [3.8, 4) is 5.75 Å². The highest BCUT2D eigenvalue weighted by Crippen LogP contribution is 2.40. The van der Waals surface area contributed by atoms with Gasteiger partial charge < -0.3 is 14.8 Å². The highest BCUT2D eigenvalue weighted by Gasteiger charge is 2.29. The van der Waals surface area contributed by atoms with Crippen LogP contribution < -0.4 is 10.1 Å². The number of benzene rings is 1. The van der Waals surface area contributed by atoms with Gasteiger partial charge in [-0.05, 0) is 61.9 Å². The molecule has 1 aromatic heterocycles. The van der Waals surface area contributed by atoms with Crippen molar-refractivity contribution in [1.29, 1.82) is 0 Å². The van der Waals surface area contributed by atoms with Crippen molar-refractivity contribution in [2.24, 2.45) is 5.92 Å². The fourth-order valence-corrected chi connectivity index (χ4v) is 4.48. The van der Waals surface area contributed by atoms with Gasteiger partial charge in [-0.1, -0.05) is 18.5 Å². The van der Waals surface area contributed by atoms with E-state index in [9.17, 15) is 9.59 Å². The van der Waals surface area contributed by atoms with E-state index < -0.39 is 0 Å². The number of ether oxygens (including phenoxy) is 2. The second-order valence-corrected chi connectivity index (χ2v) is 8.11. The molecule has 1 N–H and O–H groups in total. The number of amides is 1. The first-order valence-corrected chi connectivity index (χ1v) is 10.2. The lowest BCUT2D eigenvalue weighted by molar-refractivity contribution is -0.118. The van der Waals surface area contributed by atoms with Crippen molar-refractivity contribution in [2.45, 2.75) is 33.1 Å². The molecule has 1 amide bonds. The molecule has 1 atom stereocenters. The molecule has 2 aromatic rings. The minimum Gasteiger partial charge on any atom is -0.484 e. The Hall–Kier alpha value is -2.05. The average molecular weight is 408 g/mol. The number of hydrogen-bond donors (Lipinski definition) is 1. The van der Waals surface area contributed by atoms with Crippen molar-refractivity contribution in [3.05, 3.63) is 45.3 Å². The van der Waals surface area contributed by atoms with Gasteiger partial charge in [0.25, 0.3) is 5.91 Å². The smallest absolute Gasteiger partial charge is 0.341 e. The Morgan fingerprint density at radius 2 is 2.04 bits per heavy atom. The molecule has 0 spiro atoms. The summed E-state index contributed by atoms with van der Waals surface area (Å²) in [4.78, 5) is 26.0. The van der Waals surface area contributed by atoms with Gasteiger partial charge in [-0.15, -0.1) is 11.3 Å². The van der Waals surface area contributed by atoms with Crippen LogP contribution in [0.2, 0.25) is 5.02 Å². The molecule has 1 aliphatic carbocycles. The highest BCUT2D eigenvalue weighted by atomic mass is 35.5. The van der Waals surface area contributed by atoms with Crippen LogP contribution in [0.5, 0.6) is 5.75 Å². The average Bonchev–Trinajstić information content (AvgIpc) is 2.98. The number of nitrogens with one attached hydrogen (secondary N) is 1. The molecular formula is C20H22ClNO4S. The van der Waals surface area contributed by atoms with Gasteiger partial charge in [0.05, 0.1) is 12.2 Å². The first-order chi connectivity index (χ1) is 13.0. The molecule has 0 saturated carbocycles. The van der Waals surface area contributed by atoms with E-state index in [2.05, 4.69) is 12.2 Å². The van der Waals surface area contributed by atoms with Gasteiger partial charge in [-0.25, -0.2) is 4.79 Å². The van der Waals surface area contributed by atoms with E-state index in [0.29, 0.717) is 33.9 Å². The lowest BCUT2D eigenvalue weighted by atomic mass is 9.88. The van der Waals surface area contributed by atoms with E-state index in [1.165, 1.54) is 11.3 Å². The van der Waals surface area contributed by atoms with E-state index in [1.807, 2.05) is 0 Å². The molecule has 1 aromatic carbocycles. The van der Waals surface area contributed by atoms with Crippen LogP contribution >= 0.6 is 22.9 Å². The summed E-state index contributed by atoms with van der Waals surface area (Å²) in [6.45, 7) is 4.10. The van der Waals surface area contributed by atoms with Crippen molar-refractivity contribution in [3.63, 3.8) is 0 Å². The van der Waals surface area contributed by atoms with Crippen molar-refractivity contribution < 1.29 is 19.1 Å². The maximum Gasteiger partial charge on any atom is 0.341 e. The summed E-state index contributed by atoms with van der Waals surface area (Å²) in [5, 5.41) is 3.99. The number of rotatable bonds is 6. The van der Waals surface area contributed by atoms with E-state index in [0.717, 1.165) is 29.7 Å². The molecule has 7 heteroatoms. The summed E-state index contributed by atoms with van der Waals surface area (Å²) >= 11 is 7.30.